The van der Waals surface area contributed by atoms with E-state index in [1.54, 1.807) is 0 Å². The number of allylic oxidation sites excluding steroid dienone is 4. The molecule has 0 spiro atoms. The summed E-state index contributed by atoms with van der Waals surface area (Å²) in [5.41, 5.74) is 0. The van der Waals surface area contributed by atoms with E-state index in [0.717, 1.165) is 32.1 Å². The Balaban J connectivity index is -0.0000000980. The van der Waals surface area contributed by atoms with Gasteiger partial charge in [0.25, 0.3) is 0 Å². The Bertz CT molecular complexity index is 135. The Morgan fingerprint density at radius 1 is 0.833 bits per heavy atom. The van der Waals surface area contributed by atoms with Crippen LogP contribution in [0.15, 0.2) is 24.3 Å². The fraction of sp³-hybridized carbons (Fsp3) is 0.750. The van der Waals surface area contributed by atoms with Gasteiger partial charge in [-0.05, 0) is 52.4 Å². The number of rotatable bonds is 8. The van der Waals surface area contributed by atoms with Gasteiger partial charge in [0, 0.05) is 6.61 Å². The lowest BCUT2D eigenvalue weighted by atomic mass is 10.2. The molecule has 0 aliphatic carbocycles. The highest BCUT2D eigenvalue weighted by Gasteiger charge is 1.81. The Labute approximate surface area is 115 Å². The maximum atomic E-state index is 11.4. The zero-order chi connectivity index (χ0) is 12.5. The van der Waals surface area contributed by atoms with Crippen LogP contribution < -0.4 is 0 Å². The summed E-state index contributed by atoms with van der Waals surface area (Å²) in [6.07, 6.45) is 14.1. The number of alkyl halides is 1. The number of aliphatic hydroxyl groups excluding tert-OH is 1. The van der Waals surface area contributed by atoms with Crippen molar-refractivity contribution in [3.8, 4) is 0 Å². The summed E-state index contributed by atoms with van der Waals surface area (Å²) in [6.45, 7) is 4.16. The van der Waals surface area contributed by atoms with Crippen LogP contribution in [-0.2, 0) is 0 Å². The lowest BCUT2D eigenvalue weighted by Gasteiger charge is -1.88. The molecular weight excluding hydrogens is 227 g/mol. The molecule has 0 unspecified atom stereocenters. The van der Waals surface area contributed by atoms with Crippen molar-refractivity contribution in [2.24, 2.45) is 0 Å². The first-order valence-electron chi connectivity index (χ1n) is 6.22. The number of halogens is 1. The van der Waals surface area contributed by atoms with E-state index in [-0.39, 0.29) is 21.5 Å². The second-order valence-corrected chi connectivity index (χ2v) is 3.54. The molecule has 0 heterocycles. The molecule has 0 saturated carbocycles. The molecule has 0 aromatic rings. The van der Waals surface area contributed by atoms with Gasteiger partial charge in [0.15, 0.2) is 0 Å². The lowest BCUT2D eigenvalue weighted by molar-refractivity contribution is 0.285. The first-order chi connectivity index (χ1) is 7.83. The van der Waals surface area contributed by atoms with Crippen molar-refractivity contribution in [2.45, 2.75) is 67.2 Å². The van der Waals surface area contributed by atoms with Crippen LogP contribution in [0.4, 0.5) is 4.39 Å². The van der Waals surface area contributed by atoms with Crippen molar-refractivity contribution in [2.75, 3.05) is 13.3 Å². The van der Waals surface area contributed by atoms with Crippen molar-refractivity contribution in [1.82, 2.24) is 0 Å². The predicted molar refractivity (Wildman–Crippen MR) is 83.9 cm³/mol. The molecule has 0 fully saturated rings. The Hall–Kier alpha value is -0.630. The molecule has 2 heteroatoms. The summed E-state index contributed by atoms with van der Waals surface area (Å²) in [4.78, 5) is 0. The monoisotopic (exact) mass is 262 g/mol. The zero-order valence-corrected chi connectivity index (χ0v) is 10.8. The fourth-order valence-electron chi connectivity index (χ4n) is 1.06. The highest BCUT2D eigenvalue weighted by Crippen LogP contribution is 1.95. The number of hydrogen-bond acceptors (Lipinski definition) is 1. The summed E-state index contributed by atoms with van der Waals surface area (Å²) in [5, 5.41) is 8.34. The van der Waals surface area contributed by atoms with Crippen molar-refractivity contribution < 1.29 is 9.50 Å². The summed E-state index contributed by atoms with van der Waals surface area (Å²) in [7, 11) is 0. The van der Waals surface area contributed by atoms with Crippen LogP contribution in [0.5, 0.6) is 0 Å². The highest BCUT2D eigenvalue weighted by atomic mass is 19.1. The molecular formula is C16H35FO. The van der Waals surface area contributed by atoms with E-state index in [2.05, 4.69) is 12.2 Å². The molecule has 1 N–H and O–H groups in total. The smallest absolute Gasteiger partial charge is 0.0894 e. The molecule has 0 rings (SSSR count). The molecule has 112 valence electrons. The topological polar surface area (TPSA) is 20.2 Å². The predicted octanol–water partition coefficient (Wildman–Crippen LogP) is 5.70. The molecule has 18 heavy (non-hydrogen) atoms. The maximum absolute atomic E-state index is 11.4. The van der Waals surface area contributed by atoms with Crippen LogP contribution in [-0.4, -0.2) is 18.4 Å². The first kappa shape index (κ1) is 26.0. The average Bonchev–Trinajstić information content (AvgIpc) is 2.31. The molecule has 0 radical (unpaired) electrons. The highest BCUT2D eigenvalue weighted by molar-refractivity contribution is 4.76. The van der Waals surface area contributed by atoms with E-state index in [1.165, 1.54) is 0 Å². The van der Waals surface area contributed by atoms with Crippen LogP contribution in [0.25, 0.3) is 0 Å². The molecule has 0 bridgehead atoms. The van der Waals surface area contributed by atoms with E-state index in [0.29, 0.717) is 13.0 Å². The molecule has 1 nitrogen and oxygen atoms in total. The van der Waals surface area contributed by atoms with Gasteiger partial charge in [-0.25, -0.2) is 0 Å². The first-order valence-corrected chi connectivity index (χ1v) is 6.22. The van der Waals surface area contributed by atoms with E-state index < -0.39 is 0 Å². The molecule has 0 aromatic heterocycles. The van der Waals surface area contributed by atoms with Crippen LogP contribution in [0.2, 0.25) is 0 Å². The minimum absolute atomic E-state index is 0. The second kappa shape index (κ2) is 29.9. The minimum Gasteiger partial charge on any atom is -0.396 e. The van der Waals surface area contributed by atoms with Crippen LogP contribution in [0, 0.1) is 0 Å². The van der Waals surface area contributed by atoms with Crippen LogP contribution in [0.3, 0.4) is 0 Å². The third kappa shape index (κ3) is 36.1. The van der Waals surface area contributed by atoms with Gasteiger partial charge in [-0.15, -0.1) is 0 Å². The summed E-state index contributed by atoms with van der Waals surface area (Å²) in [5.74, 6) is 0. The van der Waals surface area contributed by atoms with E-state index in [4.69, 9.17) is 5.11 Å². The molecule has 0 atom stereocenters. The van der Waals surface area contributed by atoms with Crippen molar-refractivity contribution in [1.29, 1.82) is 0 Å². The Morgan fingerprint density at radius 2 is 1.28 bits per heavy atom. The van der Waals surface area contributed by atoms with Gasteiger partial charge in [0.05, 0.1) is 6.67 Å². The Morgan fingerprint density at radius 3 is 1.61 bits per heavy atom. The van der Waals surface area contributed by atoms with Gasteiger partial charge in [0.1, 0.15) is 0 Å². The molecule has 0 saturated heterocycles. The standard InChI is InChI=1S/C7H13F.C7H14O.2CH4/c2*1-2-3-4-5-6-7-8;;/h2-3H,4-7H2,1H3;2-3,8H,4-7H2,1H3;2*1H4/b2*3-2+;;. The molecule has 0 amide bonds. The zero-order valence-electron chi connectivity index (χ0n) is 10.8. The van der Waals surface area contributed by atoms with E-state index >= 15 is 0 Å². The second-order valence-electron chi connectivity index (χ2n) is 3.54. The number of aliphatic hydroxyl groups is 1. The Kier molecular flexibility index (Phi) is 43.3. The molecule has 0 aliphatic rings. The van der Waals surface area contributed by atoms with Crippen molar-refractivity contribution >= 4 is 0 Å². The van der Waals surface area contributed by atoms with Crippen LogP contribution in [0.1, 0.15) is 67.2 Å². The normalized spacial score (nSPS) is 9.56. The number of hydrogen-bond donors (Lipinski definition) is 1. The molecule has 0 aromatic carbocycles. The third-order valence-corrected chi connectivity index (χ3v) is 2.00. The van der Waals surface area contributed by atoms with Gasteiger partial charge in [-0.1, -0.05) is 39.2 Å². The average molecular weight is 262 g/mol. The summed E-state index contributed by atoms with van der Waals surface area (Å²) >= 11 is 0. The number of unbranched alkanes of at least 4 members (excludes halogenated alkanes) is 4. The van der Waals surface area contributed by atoms with Gasteiger partial charge < -0.3 is 5.11 Å². The van der Waals surface area contributed by atoms with Crippen molar-refractivity contribution in [3.05, 3.63) is 24.3 Å². The summed E-state index contributed by atoms with van der Waals surface area (Å²) < 4.78 is 11.4. The maximum Gasteiger partial charge on any atom is 0.0894 e. The SMILES string of the molecule is C.C.C/C=C/CCCCF.C/C=C/CCCCO. The van der Waals surface area contributed by atoms with Crippen LogP contribution >= 0.6 is 0 Å². The van der Waals surface area contributed by atoms with E-state index in [9.17, 15) is 4.39 Å². The fourth-order valence-corrected chi connectivity index (χ4v) is 1.06. The third-order valence-electron chi connectivity index (χ3n) is 2.00. The van der Waals surface area contributed by atoms with Crippen molar-refractivity contribution in [3.63, 3.8) is 0 Å². The largest absolute Gasteiger partial charge is 0.396 e. The van der Waals surface area contributed by atoms with Gasteiger partial charge in [0.2, 0.25) is 0 Å². The summed E-state index contributed by atoms with van der Waals surface area (Å²) in [6, 6.07) is 0. The van der Waals surface area contributed by atoms with Gasteiger partial charge in [-0.2, -0.15) is 0 Å². The lowest BCUT2D eigenvalue weighted by Crippen LogP contribution is -1.79. The quantitative estimate of drug-likeness (QED) is 0.439. The minimum atomic E-state index is -0.169. The van der Waals surface area contributed by atoms with Gasteiger partial charge in [-0.3, -0.25) is 4.39 Å². The van der Waals surface area contributed by atoms with E-state index in [1.807, 2.05) is 26.0 Å². The molecule has 0 aliphatic heterocycles. The van der Waals surface area contributed by atoms with Gasteiger partial charge >= 0.3 is 0 Å².